The van der Waals surface area contributed by atoms with Crippen LogP contribution in [0.3, 0.4) is 0 Å². The van der Waals surface area contributed by atoms with Crippen LogP contribution in [-0.2, 0) is 4.79 Å². The van der Waals surface area contributed by atoms with E-state index in [0.717, 1.165) is 6.07 Å². The van der Waals surface area contributed by atoms with Gasteiger partial charge in [-0.2, -0.15) is 5.10 Å². The van der Waals surface area contributed by atoms with Crippen LogP contribution in [0.4, 0.5) is 4.39 Å². The molecule has 2 aromatic rings. The maximum absolute atomic E-state index is 13.0. The monoisotopic (exact) mass is 330 g/mol. The number of carboxylic acids is 1. The van der Waals surface area contributed by atoms with E-state index >= 15 is 0 Å². The summed E-state index contributed by atoms with van der Waals surface area (Å²) < 4.78 is 18.2. The van der Waals surface area contributed by atoms with Crippen molar-refractivity contribution >= 4 is 18.1 Å². The number of nitrogens with one attached hydrogen (secondary N) is 1. The van der Waals surface area contributed by atoms with Crippen LogP contribution >= 0.6 is 0 Å². The minimum Gasteiger partial charge on any atom is -0.479 e. The molecule has 0 saturated heterocycles. The van der Waals surface area contributed by atoms with Crippen LogP contribution in [0.15, 0.2) is 53.6 Å². The molecule has 2 aromatic carbocycles. The average molecular weight is 330 g/mol. The van der Waals surface area contributed by atoms with E-state index in [2.05, 4.69) is 10.5 Å². The lowest BCUT2D eigenvalue weighted by atomic mass is 10.2. The van der Waals surface area contributed by atoms with Crippen molar-refractivity contribution < 1.29 is 23.8 Å². The Labute approximate surface area is 137 Å². The average Bonchev–Trinajstić information content (AvgIpc) is 2.56. The highest BCUT2D eigenvalue weighted by Gasteiger charge is 2.11. The highest BCUT2D eigenvalue weighted by Crippen LogP contribution is 2.13. The van der Waals surface area contributed by atoms with E-state index in [-0.39, 0.29) is 5.56 Å². The molecule has 0 bridgehead atoms. The van der Waals surface area contributed by atoms with Gasteiger partial charge in [-0.25, -0.2) is 14.6 Å². The summed E-state index contributed by atoms with van der Waals surface area (Å²) in [4.78, 5) is 22.5. The normalized spacial score (nSPS) is 11.9. The van der Waals surface area contributed by atoms with Gasteiger partial charge < -0.3 is 9.84 Å². The fourth-order valence-corrected chi connectivity index (χ4v) is 1.75. The summed E-state index contributed by atoms with van der Waals surface area (Å²) in [6.45, 7) is 1.43. The highest BCUT2D eigenvalue weighted by atomic mass is 19.1. The maximum atomic E-state index is 13.0. The number of rotatable bonds is 6. The SMILES string of the molecule is C[C@H](Oc1ccc(/C=N\NC(=O)c2cccc(F)c2)cc1)C(=O)O. The first-order valence-corrected chi connectivity index (χ1v) is 7.04. The van der Waals surface area contributed by atoms with E-state index in [1.165, 1.54) is 31.3 Å². The molecule has 0 aliphatic rings. The number of hydrogen-bond donors (Lipinski definition) is 2. The van der Waals surface area contributed by atoms with Crippen molar-refractivity contribution in [1.29, 1.82) is 0 Å². The van der Waals surface area contributed by atoms with E-state index in [9.17, 15) is 14.0 Å². The van der Waals surface area contributed by atoms with Crippen molar-refractivity contribution in [1.82, 2.24) is 5.43 Å². The molecule has 0 saturated carbocycles. The van der Waals surface area contributed by atoms with Crippen LogP contribution < -0.4 is 10.2 Å². The summed E-state index contributed by atoms with van der Waals surface area (Å²) >= 11 is 0. The van der Waals surface area contributed by atoms with Crippen molar-refractivity contribution in [3.63, 3.8) is 0 Å². The number of carboxylic acid groups (broad SMARTS) is 1. The quantitative estimate of drug-likeness (QED) is 0.629. The molecule has 7 heteroatoms. The third-order valence-electron chi connectivity index (χ3n) is 3.01. The zero-order valence-corrected chi connectivity index (χ0v) is 12.8. The van der Waals surface area contributed by atoms with Crippen LogP contribution in [-0.4, -0.2) is 29.3 Å². The minimum absolute atomic E-state index is 0.165. The molecule has 6 nitrogen and oxygen atoms in total. The van der Waals surface area contributed by atoms with Gasteiger partial charge in [-0.1, -0.05) is 6.07 Å². The number of nitrogens with zero attached hydrogens (tertiary/aromatic N) is 1. The second-order valence-electron chi connectivity index (χ2n) is 4.88. The number of benzene rings is 2. The van der Waals surface area contributed by atoms with E-state index < -0.39 is 23.8 Å². The molecule has 124 valence electrons. The molecule has 0 heterocycles. The molecule has 0 aliphatic carbocycles. The van der Waals surface area contributed by atoms with E-state index in [1.54, 1.807) is 24.3 Å². The first-order valence-electron chi connectivity index (χ1n) is 7.04. The van der Waals surface area contributed by atoms with Crippen molar-refractivity contribution in [2.75, 3.05) is 0 Å². The third kappa shape index (κ3) is 4.91. The molecule has 0 fully saturated rings. The van der Waals surface area contributed by atoms with Crippen LogP contribution in [0, 0.1) is 5.82 Å². The Balaban J connectivity index is 1.92. The fourth-order valence-electron chi connectivity index (χ4n) is 1.75. The van der Waals surface area contributed by atoms with Gasteiger partial charge in [0, 0.05) is 5.56 Å². The van der Waals surface area contributed by atoms with E-state index in [0.29, 0.717) is 11.3 Å². The fraction of sp³-hybridized carbons (Fsp3) is 0.118. The number of carbonyl (C=O) groups excluding carboxylic acids is 1. The molecule has 0 unspecified atom stereocenters. The summed E-state index contributed by atoms with van der Waals surface area (Å²) in [5.41, 5.74) is 3.13. The van der Waals surface area contributed by atoms with Gasteiger partial charge in [0.25, 0.3) is 5.91 Å². The molecular weight excluding hydrogens is 315 g/mol. The minimum atomic E-state index is -1.05. The van der Waals surface area contributed by atoms with Gasteiger partial charge in [0.2, 0.25) is 0 Å². The van der Waals surface area contributed by atoms with Gasteiger partial charge in [-0.15, -0.1) is 0 Å². The largest absolute Gasteiger partial charge is 0.479 e. The summed E-state index contributed by atoms with van der Waals surface area (Å²) in [7, 11) is 0. The molecule has 0 aliphatic heterocycles. The third-order valence-corrected chi connectivity index (χ3v) is 3.01. The van der Waals surface area contributed by atoms with E-state index in [4.69, 9.17) is 9.84 Å². The number of hydrazone groups is 1. The molecule has 0 radical (unpaired) electrons. The second kappa shape index (κ2) is 7.87. The van der Waals surface area contributed by atoms with Gasteiger partial charge in [-0.05, 0) is 55.0 Å². The lowest BCUT2D eigenvalue weighted by Crippen LogP contribution is -2.22. The smallest absolute Gasteiger partial charge is 0.344 e. The summed E-state index contributed by atoms with van der Waals surface area (Å²) in [5, 5.41) is 12.6. The first-order chi connectivity index (χ1) is 11.5. The van der Waals surface area contributed by atoms with Crippen LogP contribution in [0.2, 0.25) is 0 Å². The Morgan fingerprint density at radius 1 is 1.25 bits per heavy atom. The van der Waals surface area contributed by atoms with Crippen molar-refractivity contribution in [2.45, 2.75) is 13.0 Å². The molecular formula is C17H15FN2O4. The maximum Gasteiger partial charge on any atom is 0.344 e. The molecule has 2 rings (SSSR count). The number of aliphatic carboxylic acids is 1. The van der Waals surface area contributed by atoms with Crippen LogP contribution in [0.25, 0.3) is 0 Å². The number of carbonyl (C=O) groups is 2. The molecule has 0 aromatic heterocycles. The van der Waals surface area contributed by atoms with Crippen molar-refractivity contribution in [3.05, 3.63) is 65.5 Å². The molecule has 0 spiro atoms. The number of amides is 1. The Morgan fingerprint density at radius 2 is 1.96 bits per heavy atom. The van der Waals surface area contributed by atoms with Gasteiger partial charge in [0.1, 0.15) is 11.6 Å². The molecule has 1 amide bonds. The molecule has 1 atom stereocenters. The highest BCUT2D eigenvalue weighted by molar-refractivity contribution is 5.94. The van der Waals surface area contributed by atoms with E-state index in [1.807, 2.05) is 0 Å². The van der Waals surface area contributed by atoms with Crippen LogP contribution in [0.1, 0.15) is 22.8 Å². The molecule has 2 N–H and O–H groups in total. The predicted octanol–water partition coefficient (Wildman–Crippen LogP) is 2.44. The zero-order valence-electron chi connectivity index (χ0n) is 12.8. The van der Waals surface area contributed by atoms with Crippen LogP contribution in [0.5, 0.6) is 5.75 Å². The van der Waals surface area contributed by atoms with Gasteiger partial charge in [-0.3, -0.25) is 4.79 Å². The number of hydrogen-bond acceptors (Lipinski definition) is 4. The summed E-state index contributed by atoms with van der Waals surface area (Å²) in [6, 6.07) is 11.8. The van der Waals surface area contributed by atoms with Crippen molar-refractivity contribution in [2.24, 2.45) is 5.10 Å². The Kier molecular flexibility index (Phi) is 5.62. The predicted molar refractivity (Wildman–Crippen MR) is 85.6 cm³/mol. The Hall–Kier alpha value is -3.22. The van der Waals surface area contributed by atoms with Crippen molar-refractivity contribution in [3.8, 4) is 5.75 Å². The van der Waals surface area contributed by atoms with Gasteiger partial charge in [0.15, 0.2) is 6.10 Å². The number of ether oxygens (including phenoxy) is 1. The second-order valence-corrected chi connectivity index (χ2v) is 4.88. The first kappa shape index (κ1) is 17.1. The Morgan fingerprint density at radius 3 is 2.58 bits per heavy atom. The lowest BCUT2D eigenvalue weighted by Gasteiger charge is -2.09. The van der Waals surface area contributed by atoms with Gasteiger partial charge in [0.05, 0.1) is 6.21 Å². The number of halogens is 1. The zero-order chi connectivity index (χ0) is 17.5. The lowest BCUT2D eigenvalue weighted by molar-refractivity contribution is -0.144. The summed E-state index contributed by atoms with van der Waals surface area (Å²) in [6.07, 6.45) is 0.455. The standard InChI is InChI=1S/C17H15FN2O4/c1-11(17(22)23)24-15-7-5-12(6-8-15)10-19-20-16(21)13-3-2-4-14(18)9-13/h2-11H,1H3,(H,20,21)(H,22,23)/b19-10-/t11-/m0/s1. The summed E-state index contributed by atoms with van der Waals surface area (Å²) in [5.74, 6) is -1.68. The van der Waals surface area contributed by atoms with Gasteiger partial charge >= 0.3 is 5.97 Å². The molecule has 24 heavy (non-hydrogen) atoms. The topological polar surface area (TPSA) is 88.0 Å². The Bertz CT molecular complexity index is 759.